The summed E-state index contributed by atoms with van der Waals surface area (Å²) in [5.74, 6) is 1.18. The van der Waals surface area contributed by atoms with Gasteiger partial charge in [-0.05, 0) is 12.1 Å². The fourth-order valence-corrected chi connectivity index (χ4v) is 2.63. The van der Waals surface area contributed by atoms with Crippen LogP contribution in [-0.2, 0) is 13.6 Å². The second kappa shape index (κ2) is 7.84. The van der Waals surface area contributed by atoms with E-state index in [1.165, 1.54) is 6.20 Å². The van der Waals surface area contributed by atoms with Gasteiger partial charge in [-0.15, -0.1) is 0 Å². The first-order chi connectivity index (χ1) is 14.2. The first-order valence-corrected chi connectivity index (χ1v) is 8.72. The maximum absolute atomic E-state index is 9.25. The number of hydrogen-bond donors (Lipinski definition) is 1. The van der Waals surface area contributed by atoms with Gasteiger partial charge in [0.05, 0.1) is 11.3 Å². The van der Waals surface area contributed by atoms with E-state index in [1.54, 1.807) is 42.5 Å². The average Bonchev–Trinajstić information content (AvgIpc) is 3.14. The third-order valence-electron chi connectivity index (χ3n) is 4.11. The number of rotatable bonds is 5. The lowest BCUT2D eigenvalue weighted by atomic mass is 10.2. The molecule has 9 heteroatoms. The quantitative estimate of drug-likeness (QED) is 0.555. The highest BCUT2D eigenvalue weighted by Crippen LogP contribution is 2.32. The van der Waals surface area contributed by atoms with E-state index in [4.69, 9.17) is 10.5 Å². The van der Waals surface area contributed by atoms with E-state index in [-0.39, 0.29) is 0 Å². The number of nitrogens with two attached hydrogens (primary N) is 1. The molecule has 0 unspecified atom stereocenters. The van der Waals surface area contributed by atoms with E-state index >= 15 is 0 Å². The van der Waals surface area contributed by atoms with Gasteiger partial charge in [-0.25, -0.2) is 19.6 Å². The lowest BCUT2D eigenvalue weighted by molar-refractivity contribution is 0.430. The summed E-state index contributed by atoms with van der Waals surface area (Å²) in [6.45, 7) is 0.343. The van der Waals surface area contributed by atoms with Crippen LogP contribution in [0.25, 0.3) is 22.9 Å². The number of nitrogens with zero attached hydrogens (tertiary/aromatic N) is 7. The lowest BCUT2D eigenvalue weighted by Gasteiger charge is -2.10. The SMILES string of the molecule is Cn1nc(-c2ccccn2)cc1Oc1cc(C#N)cnc1-c1ncc(CN)cn1. The number of ether oxygens (including phenoxy) is 1. The van der Waals surface area contributed by atoms with Crippen molar-refractivity contribution in [1.82, 2.24) is 29.7 Å². The first-order valence-electron chi connectivity index (χ1n) is 8.72. The summed E-state index contributed by atoms with van der Waals surface area (Å²) in [4.78, 5) is 17.2. The van der Waals surface area contributed by atoms with Crippen molar-refractivity contribution in [2.24, 2.45) is 12.8 Å². The Balaban J connectivity index is 1.73. The fourth-order valence-electron chi connectivity index (χ4n) is 2.63. The summed E-state index contributed by atoms with van der Waals surface area (Å²) >= 11 is 0. The van der Waals surface area contributed by atoms with Crippen molar-refractivity contribution < 1.29 is 4.74 Å². The molecule has 0 aliphatic carbocycles. The van der Waals surface area contributed by atoms with Gasteiger partial charge in [0.15, 0.2) is 17.3 Å². The normalized spacial score (nSPS) is 10.5. The molecule has 0 saturated heterocycles. The van der Waals surface area contributed by atoms with Crippen LogP contribution in [0, 0.1) is 11.3 Å². The molecule has 0 fully saturated rings. The third-order valence-corrected chi connectivity index (χ3v) is 4.11. The number of pyridine rings is 2. The third kappa shape index (κ3) is 3.78. The van der Waals surface area contributed by atoms with Crippen molar-refractivity contribution in [3.05, 3.63) is 66.2 Å². The highest BCUT2D eigenvalue weighted by Gasteiger charge is 2.16. The zero-order valence-electron chi connectivity index (χ0n) is 15.5. The number of hydrogen-bond acceptors (Lipinski definition) is 8. The van der Waals surface area contributed by atoms with Gasteiger partial charge < -0.3 is 10.5 Å². The zero-order chi connectivity index (χ0) is 20.2. The summed E-state index contributed by atoms with van der Waals surface area (Å²) < 4.78 is 7.64. The Morgan fingerprint density at radius 2 is 1.90 bits per heavy atom. The molecule has 4 rings (SSSR count). The Kier molecular flexibility index (Phi) is 4.92. The van der Waals surface area contributed by atoms with E-state index in [0.29, 0.717) is 40.9 Å². The maximum Gasteiger partial charge on any atom is 0.218 e. The zero-order valence-corrected chi connectivity index (χ0v) is 15.5. The predicted molar refractivity (Wildman–Crippen MR) is 104 cm³/mol. The Morgan fingerprint density at radius 3 is 2.59 bits per heavy atom. The van der Waals surface area contributed by atoms with Crippen LogP contribution in [0.15, 0.2) is 55.1 Å². The lowest BCUT2D eigenvalue weighted by Crippen LogP contribution is -2.02. The van der Waals surface area contributed by atoms with Gasteiger partial charge in [0.25, 0.3) is 0 Å². The van der Waals surface area contributed by atoms with Crippen LogP contribution >= 0.6 is 0 Å². The summed E-state index contributed by atoms with van der Waals surface area (Å²) in [7, 11) is 1.76. The van der Waals surface area contributed by atoms with Crippen molar-refractivity contribution in [2.45, 2.75) is 6.54 Å². The maximum atomic E-state index is 9.25. The summed E-state index contributed by atoms with van der Waals surface area (Å²) in [6.07, 6.45) is 6.42. The van der Waals surface area contributed by atoms with E-state index in [1.807, 2.05) is 18.2 Å². The molecule has 0 aliphatic heterocycles. The molecule has 0 atom stereocenters. The van der Waals surface area contributed by atoms with Crippen LogP contribution in [0.2, 0.25) is 0 Å². The van der Waals surface area contributed by atoms with Gasteiger partial charge in [0.2, 0.25) is 5.88 Å². The Bertz CT molecular complexity index is 1180. The molecule has 0 aliphatic rings. The Hall–Kier alpha value is -4.16. The monoisotopic (exact) mass is 384 g/mol. The second-order valence-corrected chi connectivity index (χ2v) is 6.11. The van der Waals surface area contributed by atoms with E-state index in [2.05, 4.69) is 31.1 Å². The number of aryl methyl sites for hydroxylation is 1. The summed E-state index contributed by atoms with van der Waals surface area (Å²) in [5.41, 5.74) is 8.56. The van der Waals surface area contributed by atoms with Crippen LogP contribution < -0.4 is 10.5 Å². The molecule has 29 heavy (non-hydrogen) atoms. The van der Waals surface area contributed by atoms with Crippen molar-refractivity contribution >= 4 is 0 Å². The highest BCUT2D eigenvalue weighted by atomic mass is 16.5. The Labute approximate surface area is 166 Å². The molecule has 0 aromatic carbocycles. The molecule has 0 saturated carbocycles. The molecule has 4 heterocycles. The van der Waals surface area contributed by atoms with Gasteiger partial charge in [0.1, 0.15) is 11.8 Å². The van der Waals surface area contributed by atoms with E-state index < -0.39 is 0 Å². The Morgan fingerprint density at radius 1 is 1.07 bits per heavy atom. The van der Waals surface area contributed by atoms with Crippen LogP contribution in [0.3, 0.4) is 0 Å². The van der Waals surface area contributed by atoms with Crippen LogP contribution in [0.1, 0.15) is 11.1 Å². The van der Waals surface area contributed by atoms with Gasteiger partial charge in [0, 0.05) is 56.1 Å². The molecular formula is C20H16N8O. The van der Waals surface area contributed by atoms with Crippen LogP contribution in [0.4, 0.5) is 0 Å². The predicted octanol–water partition coefficient (Wildman–Crippen LogP) is 2.46. The molecule has 4 aromatic rings. The smallest absolute Gasteiger partial charge is 0.218 e. The minimum absolute atomic E-state index is 0.343. The average molecular weight is 384 g/mol. The van der Waals surface area contributed by atoms with Gasteiger partial charge >= 0.3 is 0 Å². The molecular weight excluding hydrogens is 368 g/mol. The van der Waals surface area contributed by atoms with Crippen molar-refractivity contribution in [1.29, 1.82) is 5.26 Å². The molecule has 4 aromatic heterocycles. The topological polar surface area (TPSA) is 128 Å². The number of nitriles is 1. The van der Waals surface area contributed by atoms with Crippen LogP contribution in [-0.4, -0.2) is 29.7 Å². The minimum Gasteiger partial charge on any atom is -0.437 e. The van der Waals surface area contributed by atoms with Gasteiger partial charge in [-0.1, -0.05) is 6.07 Å². The second-order valence-electron chi connectivity index (χ2n) is 6.11. The highest BCUT2D eigenvalue weighted by molar-refractivity contribution is 5.62. The summed E-state index contributed by atoms with van der Waals surface area (Å²) in [6, 6.07) is 11.0. The molecule has 0 bridgehead atoms. The van der Waals surface area contributed by atoms with E-state index in [0.717, 1.165) is 11.3 Å². The van der Waals surface area contributed by atoms with Gasteiger partial charge in [-0.3, -0.25) is 4.98 Å². The minimum atomic E-state index is 0.343. The van der Waals surface area contributed by atoms with Crippen molar-refractivity contribution in [2.75, 3.05) is 0 Å². The molecule has 0 spiro atoms. The molecule has 0 radical (unpaired) electrons. The largest absolute Gasteiger partial charge is 0.437 e. The molecule has 142 valence electrons. The first kappa shape index (κ1) is 18.2. The fraction of sp³-hybridized carbons (Fsp3) is 0.100. The standard InChI is InChI=1S/C20H16N8O/c1-28-18(7-16(27-28)15-4-2-3-5-23-15)29-17-6-13(8-21)10-24-19(17)20-25-11-14(9-22)12-26-20/h2-7,10-12H,9,22H2,1H3. The molecule has 0 amide bonds. The molecule has 9 nitrogen and oxygen atoms in total. The van der Waals surface area contributed by atoms with Crippen LogP contribution in [0.5, 0.6) is 11.6 Å². The van der Waals surface area contributed by atoms with Crippen molar-refractivity contribution in [3.63, 3.8) is 0 Å². The van der Waals surface area contributed by atoms with Gasteiger partial charge in [-0.2, -0.15) is 10.4 Å². The summed E-state index contributed by atoms with van der Waals surface area (Å²) in [5, 5.41) is 13.7. The van der Waals surface area contributed by atoms with E-state index in [9.17, 15) is 5.26 Å². The molecule has 2 N–H and O–H groups in total. The van der Waals surface area contributed by atoms with Crippen molar-refractivity contribution in [3.8, 4) is 40.6 Å². The number of aromatic nitrogens is 6.